The molecule has 1 atom stereocenters. The number of carboxylic acids is 1. The second-order valence-electron chi connectivity index (χ2n) is 4.47. The van der Waals surface area contributed by atoms with Gasteiger partial charge in [0.15, 0.2) is 6.17 Å². The lowest BCUT2D eigenvalue weighted by molar-refractivity contribution is -0.146. The van der Waals surface area contributed by atoms with E-state index in [0.29, 0.717) is 19.4 Å². The molecule has 0 aliphatic carbocycles. The lowest BCUT2D eigenvalue weighted by atomic mass is 10.1. The van der Waals surface area contributed by atoms with Crippen molar-refractivity contribution in [2.45, 2.75) is 58.5 Å². The molecule has 0 saturated carbocycles. The van der Waals surface area contributed by atoms with Crippen molar-refractivity contribution in [3.05, 3.63) is 0 Å². The Balaban J connectivity index is 4.15. The van der Waals surface area contributed by atoms with Crippen LogP contribution in [-0.2, 0) is 9.59 Å². The summed E-state index contributed by atoms with van der Waals surface area (Å²) in [6, 6.07) is 0. The number of carboxylic acid groups (broad SMARTS) is 1. The number of rotatable bonds is 10. The number of aliphatic carboxylic acids is 1. The Hall–Kier alpha value is -1.13. The van der Waals surface area contributed by atoms with E-state index in [-0.39, 0.29) is 6.42 Å². The number of carbonyl (C=O) groups is 2. The largest absolute Gasteiger partial charge is 0.480 e. The molecule has 0 aromatic heterocycles. The van der Waals surface area contributed by atoms with Crippen LogP contribution in [0.25, 0.3) is 0 Å². The van der Waals surface area contributed by atoms with Gasteiger partial charge < -0.3 is 10.0 Å². The molecule has 4 nitrogen and oxygen atoms in total. The standard InChI is InChI=1S/C13H24FNO3/c1-3-5-6-7-8-11(14)13(18)15(9-4-2)10-12(16)17/h11H,3-10H2,1-2H3,(H,16,17). The molecule has 0 aromatic rings. The molecular formula is C13H24FNO3. The Labute approximate surface area is 108 Å². The van der Waals surface area contributed by atoms with Gasteiger partial charge in [0, 0.05) is 6.54 Å². The van der Waals surface area contributed by atoms with E-state index in [4.69, 9.17) is 5.11 Å². The fourth-order valence-corrected chi connectivity index (χ4v) is 1.77. The molecule has 1 N–H and O–H groups in total. The maximum Gasteiger partial charge on any atom is 0.323 e. The summed E-state index contributed by atoms with van der Waals surface area (Å²) in [5, 5.41) is 8.67. The van der Waals surface area contributed by atoms with Gasteiger partial charge in [-0.15, -0.1) is 0 Å². The van der Waals surface area contributed by atoms with Gasteiger partial charge in [-0.05, 0) is 12.8 Å². The molecule has 1 amide bonds. The van der Waals surface area contributed by atoms with E-state index in [2.05, 4.69) is 6.92 Å². The lowest BCUT2D eigenvalue weighted by Gasteiger charge is -2.21. The zero-order chi connectivity index (χ0) is 14.0. The van der Waals surface area contributed by atoms with Gasteiger partial charge in [0.1, 0.15) is 6.54 Å². The summed E-state index contributed by atoms with van der Waals surface area (Å²) in [5.41, 5.74) is 0. The number of nitrogens with zero attached hydrogens (tertiary/aromatic N) is 1. The summed E-state index contributed by atoms with van der Waals surface area (Å²) >= 11 is 0. The number of carbonyl (C=O) groups excluding carboxylic acids is 1. The predicted octanol–water partition coefficient (Wildman–Crippen LogP) is 2.62. The first-order valence-electron chi connectivity index (χ1n) is 6.67. The molecule has 0 aromatic carbocycles. The summed E-state index contributed by atoms with van der Waals surface area (Å²) in [6.07, 6.45) is 2.94. The monoisotopic (exact) mass is 261 g/mol. The van der Waals surface area contributed by atoms with Crippen LogP contribution in [0.15, 0.2) is 0 Å². The normalized spacial score (nSPS) is 12.2. The van der Waals surface area contributed by atoms with Crippen LogP contribution >= 0.6 is 0 Å². The van der Waals surface area contributed by atoms with Crippen molar-refractivity contribution < 1.29 is 19.1 Å². The Kier molecular flexibility index (Phi) is 9.24. The number of hydrogen-bond acceptors (Lipinski definition) is 2. The quantitative estimate of drug-likeness (QED) is 0.615. The van der Waals surface area contributed by atoms with Crippen LogP contribution in [0.3, 0.4) is 0 Å². The van der Waals surface area contributed by atoms with Crippen LogP contribution in [0.5, 0.6) is 0 Å². The molecule has 0 bridgehead atoms. The molecule has 0 aliphatic rings. The first kappa shape index (κ1) is 16.9. The Morgan fingerprint density at radius 3 is 2.33 bits per heavy atom. The zero-order valence-electron chi connectivity index (χ0n) is 11.3. The molecule has 0 rings (SSSR count). The highest BCUT2D eigenvalue weighted by molar-refractivity contribution is 5.84. The van der Waals surface area contributed by atoms with Gasteiger partial charge in [-0.2, -0.15) is 0 Å². The summed E-state index contributed by atoms with van der Waals surface area (Å²) in [4.78, 5) is 23.4. The maximum atomic E-state index is 13.7. The summed E-state index contributed by atoms with van der Waals surface area (Å²) in [6.45, 7) is 3.77. The van der Waals surface area contributed by atoms with E-state index in [0.717, 1.165) is 24.2 Å². The van der Waals surface area contributed by atoms with Gasteiger partial charge >= 0.3 is 5.97 Å². The zero-order valence-corrected chi connectivity index (χ0v) is 11.3. The molecule has 5 heteroatoms. The molecule has 0 fully saturated rings. The molecule has 0 saturated heterocycles. The fourth-order valence-electron chi connectivity index (χ4n) is 1.77. The van der Waals surface area contributed by atoms with E-state index >= 15 is 0 Å². The van der Waals surface area contributed by atoms with E-state index in [9.17, 15) is 14.0 Å². The van der Waals surface area contributed by atoms with Crippen LogP contribution in [0.1, 0.15) is 52.4 Å². The third kappa shape index (κ3) is 7.25. The minimum Gasteiger partial charge on any atom is -0.480 e. The highest BCUT2D eigenvalue weighted by atomic mass is 19.1. The van der Waals surface area contributed by atoms with E-state index in [1.54, 1.807) is 0 Å². The van der Waals surface area contributed by atoms with Crippen LogP contribution in [-0.4, -0.2) is 41.1 Å². The number of amides is 1. The van der Waals surface area contributed by atoms with Crippen molar-refractivity contribution in [3.8, 4) is 0 Å². The minimum absolute atomic E-state index is 0.193. The van der Waals surface area contributed by atoms with Crippen LogP contribution < -0.4 is 0 Å². The molecule has 106 valence electrons. The second-order valence-corrected chi connectivity index (χ2v) is 4.47. The topological polar surface area (TPSA) is 57.6 Å². The average Bonchev–Trinajstić information content (AvgIpc) is 2.32. The van der Waals surface area contributed by atoms with Gasteiger partial charge in [-0.3, -0.25) is 9.59 Å². The average molecular weight is 261 g/mol. The van der Waals surface area contributed by atoms with Crippen molar-refractivity contribution >= 4 is 11.9 Å². The number of hydrogen-bond donors (Lipinski definition) is 1. The van der Waals surface area contributed by atoms with Crippen molar-refractivity contribution in [3.63, 3.8) is 0 Å². The maximum absolute atomic E-state index is 13.7. The first-order chi connectivity index (χ1) is 8.52. The highest BCUT2D eigenvalue weighted by Crippen LogP contribution is 2.11. The Morgan fingerprint density at radius 1 is 1.17 bits per heavy atom. The predicted molar refractivity (Wildman–Crippen MR) is 68.2 cm³/mol. The first-order valence-corrected chi connectivity index (χ1v) is 6.67. The summed E-state index contributed by atoms with van der Waals surface area (Å²) in [5.74, 6) is -1.79. The van der Waals surface area contributed by atoms with Crippen LogP contribution in [0, 0.1) is 0 Å². The van der Waals surface area contributed by atoms with Crippen molar-refractivity contribution in [2.24, 2.45) is 0 Å². The number of unbranched alkanes of at least 4 members (excludes halogenated alkanes) is 3. The second kappa shape index (κ2) is 9.85. The van der Waals surface area contributed by atoms with Crippen molar-refractivity contribution in [2.75, 3.05) is 13.1 Å². The molecular weight excluding hydrogens is 237 g/mol. The molecule has 0 heterocycles. The van der Waals surface area contributed by atoms with E-state index in [1.165, 1.54) is 0 Å². The van der Waals surface area contributed by atoms with Crippen LogP contribution in [0.4, 0.5) is 4.39 Å². The molecule has 18 heavy (non-hydrogen) atoms. The minimum atomic E-state index is -1.56. The van der Waals surface area contributed by atoms with Crippen molar-refractivity contribution in [1.29, 1.82) is 0 Å². The van der Waals surface area contributed by atoms with E-state index < -0.39 is 24.6 Å². The molecule has 1 unspecified atom stereocenters. The third-order valence-electron chi connectivity index (χ3n) is 2.71. The Bertz CT molecular complexity index is 259. The smallest absolute Gasteiger partial charge is 0.323 e. The Morgan fingerprint density at radius 2 is 1.83 bits per heavy atom. The van der Waals surface area contributed by atoms with Gasteiger partial charge in [0.2, 0.25) is 0 Å². The van der Waals surface area contributed by atoms with Gasteiger partial charge in [0.25, 0.3) is 5.91 Å². The SMILES string of the molecule is CCCCCCC(F)C(=O)N(CCC)CC(=O)O. The van der Waals surface area contributed by atoms with Gasteiger partial charge in [0.05, 0.1) is 0 Å². The van der Waals surface area contributed by atoms with Crippen LogP contribution in [0.2, 0.25) is 0 Å². The molecule has 0 aliphatic heterocycles. The highest BCUT2D eigenvalue weighted by Gasteiger charge is 2.24. The van der Waals surface area contributed by atoms with Gasteiger partial charge in [-0.25, -0.2) is 4.39 Å². The molecule has 0 spiro atoms. The van der Waals surface area contributed by atoms with E-state index in [1.807, 2.05) is 6.92 Å². The fraction of sp³-hybridized carbons (Fsp3) is 0.846. The summed E-state index contributed by atoms with van der Waals surface area (Å²) in [7, 11) is 0. The third-order valence-corrected chi connectivity index (χ3v) is 2.71. The number of halogens is 1. The van der Waals surface area contributed by atoms with Crippen molar-refractivity contribution in [1.82, 2.24) is 4.90 Å². The summed E-state index contributed by atoms with van der Waals surface area (Å²) < 4.78 is 13.7. The van der Waals surface area contributed by atoms with Gasteiger partial charge in [-0.1, -0.05) is 39.5 Å². The molecule has 0 radical (unpaired) electrons. The lowest BCUT2D eigenvalue weighted by Crippen LogP contribution is -2.41. The number of alkyl halides is 1.